The van der Waals surface area contributed by atoms with Crippen LogP contribution < -0.4 is 14.2 Å². The summed E-state index contributed by atoms with van der Waals surface area (Å²) in [6.45, 7) is 10.1. The van der Waals surface area contributed by atoms with Crippen molar-refractivity contribution in [2.75, 3.05) is 14.2 Å². The lowest BCUT2D eigenvalue weighted by atomic mass is 9.45. The predicted octanol–water partition coefficient (Wildman–Crippen LogP) is 8.09. The van der Waals surface area contributed by atoms with Gasteiger partial charge in [-0.25, -0.2) is 0 Å². The average Bonchev–Trinajstić information content (AvgIpc) is 3.29. The molecule has 6 rings (SSSR count). The van der Waals surface area contributed by atoms with Crippen LogP contribution >= 0.6 is 11.6 Å². The first kappa shape index (κ1) is 28.7. The molecule has 8 atom stereocenters. The fraction of sp³-hybridized carbons (Fsp3) is 0.629. The van der Waals surface area contributed by atoms with Crippen LogP contribution in [0.2, 0.25) is 5.02 Å². The van der Waals surface area contributed by atoms with E-state index in [1.165, 1.54) is 12.8 Å². The van der Waals surface area contributed by atoms with Crippen LogP contribution in [0.1, 0.15) is 76.8 Å². The number of nitrogens with zero attached hydrogens (tertiary/aromatic N) is 1. The minimum atomic E-state index is 0.121. The third-order valence-electron chi connectivity index (χ3n) is 11.8. The van der Waals surface area contributed by atoms with E-state index in [0.29, 0.717) is 42.1 Å². The van der Waals surface area contributed by atoms with Gasteiger partial charge in [-0.05, 0) is 110 Å². The average molecular weight is 580 g/mol. The second-order valence-corrected chi connectivity index (χ2v) is 14.4. The zero-order valence-corrected chi connectivity index (χ0v) is 26.3. The first-order valence-corrected chi connectivity index (χ1v) is 15.9. The fourth-order valence-corrected chi connectivity index (χ4v) is 9.77. The molecule has 2 aromatic rings. The highest BCUT2D eigenvalue weighted by Crippen LogP contribution is 2.66. The maximum Gasteiger partial charge on any atom is 0.223 e. The number of halogens is 1. The van der Waals surface area contributed by atoms with Crippen molar-refractivity contribution in [1.82, 2.24) is 4.90 Å². The van der Waals surface area contributed by atoms with Gasteiger partial charge >= 0.3 is 0 Å². The van der Waals surface area contributed by atoms with Gasteiger partial charge in [0.1, 0.15) is 17.2 Å². The molecular weight excluding hydrogens is 534 g/mol. The van der Waals surface area contributed by atoms with E-state index in [-0.39, 0.29) is 23.5 Å². The second kappa shape index (κ2) is 10.7. The summed E-state index contributed by atoms with van der Waals surface area (Å²) in [4.78, 5) is 15.7. The number of rotatable bonds is 6. The third-order valence-corrected chi connectivity index (χ3v) is 12.2. The molecule has 4 fully saturated rings. The monoisotopic (exact) mass is 579 g/mol. The summed E-state index contributed by atoms with van der Waals surface area (Å²) in [5.74, 6) is 5.21. The Morgan fingerprint density at radius 3 is 2.51 bits per heavy atom. The number of methoxy groups -OCH3 is 2. The summed E-state index contributed by atoms with van der Waals surface area (Å²) in [6, 6.07) is 12.3. The van der Waals surface area contributed by atoms with Crippen molar-refractivity contribution in [3.05, 3.63) is 52.5 Å². The minimum absolute atomic E-state index is 0.121. The molecule has 4 aliphatic rings. The number of likely N-dealkylation sites (tertiary alicyclic amines) is 1. The summed E-state index contributed by atoms with van der Waals surface area (Å²) in [6.07, 6.45) is 7.62. The Hall–Kier alpha value is -2.40. The Morgan fingerprint density at radius 2 is 1.78 bits per heavy atom. The van der Waals surface area contributed by atoms with Gasteiger partial charge in [0.2, 0.25) is 5.91 Å². The number of aryl methyl sites for hydroxylation is 1. The molecule has 5 nitrogen and oxygen atoms in total. The van der Waals surface area contributed by atoms with Crippen LogP contribution in [0.15, 0.2) is 36.4 Å². The van der Waals surface area contributed by atoms with Crippen LogP contribution in [0.25, 0.3) is 0 Å². The van der Waals surface area contributed by atoms with Crippen LogP contribution in [0.3, 0.4) is 0 Å². The molecule has 3 unspecified atom stereocenters. The SMILES string of the molecule is COc1ccc(CN2C(=O)CC[C@@]3(C)C2CC(C)[C@@H]2[C@H]3CC[C@]3(C)CC(Oc4ccc(C)c(Cl)c4)C[C@@H]23)c(OC)c1. The molecule has 3 saturated carbocycles. The Balaban J connectivity index is 1.24. The smallest absolute Gasteiger partial charge is 0.223 e. The number of hydrogen-bond donors (Lipinski definition) is 0. The quantitative estimate of drug-likeness (QED) is 0.347. The molecule has 0 spiro atoms. The van der Waals surface area contributed by atoms with E-state index in [2.05, 4.69) is 43.9 Å². The van der Waals surface area contributed by atoms with Crippen molar-refractivity contribution in [3.63, 3.8) is 0 Å². The van der Waals surface area contributed by atoms with Gasteiger partial charge in [-0.3, -0.25) is 4.79 Å². The molecule has 41 heavy (non-hydrogen) atoms. The Kier molecular flexibility index (Phi) is 7.49. The van der Waals surface area contributed by atoms with E-state index in [4.69, 9.17) is 25.8 Å². The highest BCUT2D eigenvalue weighted by Gasteiger charge is 2.62. The molecular formula is C35H46ClNO4. The molecule has 1 amide bonds. The van der Waals surface area contributed by atoms with Gasteiger partial charge in [0.15, 0.2) is 0 Å². The highest BCUT2D eigenvalue weighted by atomic mass is 35.5. The summed E-state index contributed by atoms with van der Waals surface area (Å²) in [5.41, 5.74) is 2.55. The lowest BCUT2D eigenvalue weighted by Crippen LogP contribution is -2.63. The maximum absolute atomic E-state index is 13.5. The van der Waals surface area contributed by atoms with Crippen molar-refractivity contribution >= 4 is 17.5 Å². The van der Waals surface area contributed by atoms with Crippen LogP contribution in [-0.4, -0.2) is 37.2 Å². The Bertz CT molecular complexity index is 1310. The maximum atomic E-state index is 13.5. The lowest BCUT2D eigenvalue weighted by Gasteiger charge is -2.63. The van der Waals surface area contributed by atoms with Gasteiger partial charge in [-0.2, -0.15) is 0 Å². The summed E-state index contributed by atoms with van der Waals surface area (Å²) < 4.78 is 17.7. The van der Waals surface area contributed by atoms with Crippen molar-refractivity contribution < 1.29 is 19.0 Å². The normalized spacial score (nSPS) is 36.3. The number of fused-ring (bicyclic) bond motifs is 5. The molecule has 0 N–H and O–H groups in total. The van der Waals surface area contributed by atoms with Gasteiger partial charge in [-0.1, -0.05) is 38.4 Å². The van der Waals surface area contributed by atoms with Gasteiger partial charge in [0.05, 0.1) is 20.3 Å². The van der Waals surface area contributed by atoms with Gasteiger partial charge in [0, 0.05) is 35.7 Å². The number of piperidine rings is 1. The molecule has 3 aliphatic carbocycles. The molecule has 0 bridgehead atoms. The summed E-state index contributed by atoms with van der Waals surface area (Å²) >= 11 is 6.42. The van der Waals surface area contributed by atoms with E-state index >= 15 is 0 Å². The number of hydrogen-bond acceptors (Lipinski definition) is 4. The lowest BCUT2D eigenvalue weighted by molar-refractivity contribution is -0.169. The van der Waals surface area contributed by atoms with Crippen molar-refractivity contribution in [2.45, 2.75) is 91.3 Å². The topological polar surface area (TPSA) is 48.0 Å². The largest absolute Gasteiger partial charge is 0.497 e. The van der Waals surface area contributed by atoms with Crippen molar-refractivity contribution in [2.24, 2.45) is 34.5 Å². The van der Waals surface area contributed by atoms with E-state index in [1.54, 1.807) is 14.2 Å². The molecule has 1 aliphatic heterocycles. The molecule has 6 heteroatoms. The number of carbonyl (C=O) groups is 1. The highest BCUT2D eigenvalue weighted by molar-refractivity contribution is 6.31. The predicted molar refractivity (Wildman–Crippen MR) is 163 cm³/mol. The van der Waals surface area contributed by atoms with Crippen LogP contribution in [0, 0.1) is 41.4 Å². The number of amides is 1. The molecule has 1 heterocycles. The third kappa shape index (κ3) is 4.90. The van der Waals surface area contributed by atoms with E-state index in [0.717, 1.165) is 59.1 Å². The van der Waals surface area contributed by atoms with Gasteiger partial charge in [-0.15, -0.1) is 0 Å². The molecule has 0 radical (unpaired) electrons. The van der Waals surface area contributed by atoms with E-state index in [1.807, 2.05) is 25.1 Å². The van der Waals surface area contributed by atoms with Gasteiger partial charge in [0.25, 0.3) is 0 Å². The molecule has 1 saturated heterocycles. The summed E-state index contributed by atoms with van der Waals surface area (Å²) in [5, 5.41) is 0.771. The van der Waals surface area contributed by atoms with Crippen LogP contribution in [0.5, 0.6) is 17.2 Å². The van der Waals surface area contributed by atoms with E-state index in [9.17, 15) is 4.79 Å². The van der Waals surface area contributed by atoms with E-state index < -0.39 is 0 Å². The number of benzene rings is 2. The summed E-state index contributed by atoms with van der Waals surface area (Å²) in [7, 11) is 3.36. The van der Waals surface area contributed by atoms with Crippen LogP contribution in [0.4, 0.5) is 0 Å². The van der Waals surface area contributed by atoms with Crippen molar-refractivity contribution in [1.29, 1.82) is 0 Å². The second-order valence-electron chi connectivity index (χ2n) is 14.0. The zero-order valence-electron chi connectivity index (χ0n) is 25.5. The molecule has 0 aromatic heterocycles. The zero-order chi connectivity index (χ0) is 29.1. The molecule has 2 aromatic carbocycles. The fourth-order valence-electron chi connectivity index (χ4n) is 9.60. The number of ether oxygens (including phenoxy) is 3. The van der Waals surface area contributed by atoms with Crippen LogP contribution in [-0.2, 0) is 11.3 Å². The van der Waals surface area contributed by atoms with Gasteiger partial charge < -0.3 is 19.1 Å². The Morgan fingerprint density at radius 1 is 1.00 bits per heavy atom. The minimum Gasteiger partial charge on any atom is -0.497 e. The molecule has 222 valence electrons. The Labute approximate surface area is 250 Å². The number of carbonyl (C=O) groups excluding carboxylic acids is 1. The standard InChI is InChI=1S/C35H46ClNO4/c1-21-7-9-25(17-29(21)36)41-26-16-28-33-22(2)15-31-35(4,27(33)11-13-34(28,3)19-26)14-12-32(38)37(31)20-23-8-10-24(39-5)18-30(23)40-6/h7-10,17-18,22,26-28,31,33H,11-16,19-20H2,1-6H3/t22?,26?,27-,28+,31?,33-,34-,35-/m1/s1. The van der Waals surface area contributed by atoms with Crippen molar-refractivity contribution in [3.8, 4) is 17.2 Å². The first-order valence-electron chi connectivity index (χ1n) is 15.5. The first-order chi connectivity index (χ1) is 19.6.